The number of anilines is 1. The average molecular weight is 273 g/mol. The van der Waals surface area contributed by atoms with Crippen molar-refractivity contribution in [3.63, 3.8) is 0 Å². The van der Waals surface area contributed by atoms with Crippen LogP contribution in [0.3, 0.4) is 0 Å². The number of nitrogens with zero attached hydrogens (tertiary/aromatic N) is 2. The van der Waals surface area contributed by atoms with Gasteiger partial charge in [-0.1, -0.05) is 6.92 Å². The Morgan fingerprint density at radius 3 is 2.95 bits per heavy atom. The lowest BCUT2D eigenvalue weighted by Crippen LogP contribution is -2.26. The van der Waals surface area contributed by atoms with Crippen molar-refractivity contribution in [2.75, 3.05) is 18.4 Å². The molecule has 2 aromatic rings. The van der Waals surface area contributed by atoms with Gasteiger partial charge in [0.05, 0.1) is 23.8 Å². The first-order valence-electron chi connectivity index (χ1n) is 6.74. The zero-order valence-electron chi connectivity index (χ0n) is 11.5. The molecule has 2 heterocycles. The van der Waals surface area contributed by atoms with Gasteiger partial charge in [-0.05, 0) is 12.5 Å². The topological polar surface area (TPSA) is 82.7 Å². The molecule has 0 spiro atoms. The Kier molecular flexibility index (Phi) is 5.11. The molecule has 0 aromatic carbocycles. The zero-order valence-corrected chi connectivity index (χ0v) is 11.5. The van der Waals surface area contributed by atoms with Gasteiger partial charge >= 0.3 is 0 Å². The van der Waals surface area contributed by atoms with Crippen LogP contribution in [0.2, 0.25) is 0 Å². The Balaban J connectivity index is 1.91. The monoisotopic (exact) mass is 273 g/mol. The van der Waals surface area contributed by atoms with Crippen LogP contribution in [-0.2, 0) is 6.42 Å². The molecule has 0 saturated heterocycles. The molecule has 3 N–H and O–H groups in total. The maximum absolute atomic E-state index is 12.2. The highest BCUT2D eigenvalue weighted by atomic mass is 16.1. The molecule has 0 saturated carbocycles. The predicted molar refractivity (Wildman–Crippen MR) is 77.6 cm³/mol. The molecule has 20 heavy (non-hydrogen) atoms. The SMILES string of the molecule is CCCNc1cnccc1C(=O)NCCc1cnc[nH]1. The summed E-state index contributed by atoms with van der Waals surface area (Å²) in [4.78, 5) is 23.1. The summed E-state index contributed by atoms with van der Waals surface area (Å²) in [6, 6.07) is 1.73. The van der Waals surface area contributed by atoms with E-state index in [1.165, 1.54) is 0 Å². The van der Waals surface area contributed by atoms with Crippen LogP contribution in [-0.4, -0.2) is 33.9 Å². The van der Waals surface area contributed by atoms with Crippen molar-refractivity contribution in [1.29, 1.82) is 0 Å². The molecule has 0 bridgehead atoms. The first-order valence-corrected chi connectivity index (χ1v) is 6.74. The number of amides is 1. The second kappa shape index (κ2) is 7.28. The van der Waals surface area contributed by atoms with E-state index in [1.807, 2.05) is 0 Å². The van der Waals surface area contributed by atoms with Crippen LogP contribution in [0, 0.1) is 0 Å². The normalized spacial score (nSPS) is 10.2. The fourth-order valence-corrected chi connectivity index (χ4v) is 1.82. The third-order valence-corrected chi connectivity index (χ3v) is 2.87. The third kappa shape index (κ3) is 3.81. The quantitative estimate of drug-likeness (QED) is 0.715. The maximum Gasteiger partial charge on any atom is 0.253 e. The highest BCUT2D eigenvalue weighted by molar-refractivity contribution is 5.99. The Morgan fingerprint density at radius 2 is 2.20 bits per heavy atom. The van der Waals surface area contributed by atoms with E-state index in [0.29, 0.717) is 12.1 Å². The van der Waals surface area contributed by atoms with E-state index in [9.17, 15) is 4.79 Å². The van der Waals surface area contributed by atoms with E-state index in [-0.39, 0.29) is 5.91 Å². The molecule has 0 aliphatic carbocycles. The van der Waals surface area contributed by atoms with Crippen molar-refractivity contribution < 1.29 is 4.79 Å². The summed E-state index contributed by atoms with van der Waals surface area (Å²) in [6.45, 7) is 3.46. The number of pyridine rings is 1. The second-order valence-corrected chi connectivity index (χ2v) is 4.43. The number of aromatic nitrogens is 3. The molecule has 106 valence electrons. The van der Waals surface area contributed by atoms with E-state index in [1.54, 1.807) is 31.0 Å². The molecule has 0 atom stereocenters. The summed E-state index contributed by atoms with van der Waals surface area (Å²) in [7, 11) is 0. The number of carbonyl (C=O) groups excluding carboxylic acids is 1. The van der Waals surface area contributed by atoms with E-state index in [0.717, 1.165) is 30.8 Å². The lowest BCUT2D eigenvalue weighted by Gasteiger charge is -2.10. The van der Waals surface area contributed by atoms with Crippen LogP contribution >= 0.6 is 0 Å². The zero-order chi connectivity index (χ0) is 14.2. The first-order chi connectivity index (χ1) is 9.81. The summed E-state index contributed by atoms with van der Waals surface area (Å²) in [5.41, 5.74) is 2.40. The van der Waals surface area contributed by atoms with Gasteiger partial charge in [0.25, 0.3) is 5.91 Å². The van der Waals surface area contributed by atoms with E-state index < -0.39 is 0 Å². The van der Waals surface area contributed by atoms with Crippen molar-refractivity contribution in [2.24, 2.45) is 0 Å². The first kappa shape index (κ1) is 14.0. The van der Waals surface area contributed by atoms with Crippen molar-refractivity contribution in [2.45, 2.75) is 19.8 Å². The Hall–Kier alpha value is -2.37. The van der Waals surface area contributed by atoms with Crippen LogP contribution in [0.15, 0.2) is 31.0 Å². The van der Waals surface area contributed by atoms with Crippen molar-refractivity contribution in [1.82, 2.24) is 20.3 Å². The third-order valence-electron chi connectivity index (χ3n) is 2.87. The van der Waals surface area contributed by atoms with Crippen molar-refractivity contribution >= 4 is 11.6 Å². The Bertz CT molecular complexity index is 538. The van der Waals surface area contributed by atoms with Gasteiger partial charge in [0.15, 0.2) is 0 Å². The van der Waals surface area contributed by atoms with E-state index in [4.69, 9.17) is 0 Å². The van der Waals surface area contributed by atoms with Crippen molar-refractivity contribution in [3.05, 3.63) is 42.2 Å². The van der Waals surface area contributed by atoms with Crippen LogP contribution < -0.4 is 10.6 Å². The summed E-state index contributed by atoms with van der Waals surface area (Å²) >= 11 is 0. The van der Waals surface area contributed by atoms with Gasteiger partial charge < -0.3 is 15.6 Å². The minimum absolute atomic E-state index is 0.0921. The molecule has 0 fully saturated rings. The molecule has 1 amide bonds. The molecule has 6 heteroatoms. The molecule has 0 aliphatic rings. The molecule has 2 rings (SSSR count). The number of H-pyrrole nitrogens is 1. The lowest BCUT2D eigenvalue weighted by molar-refractivity contribution is 0.0955. The van der Waals surface area contributed by atoms with E-state index >= 15 is 0 Å². The maximum atomic E-state index is 12.2. The Labute approximate surface area is 118 Å². The molecular formula is C14H19N5O. The van der Waals surface area contributed by atoms with Crippen LogP contribution in [0.1, 0.15) is 29.4 Å². The van der Waals surface area contributed by atoms with Gasteiger partial charge in [0.2, 0.25) is 0 Å². The highest BCUT2D eigenvalue weighted by Crippen LogP contribution is 2.13. The number of nitrogens with one attached hydrogen (secondary N) is 3. The molecule has 0 unspecified atom stereocenters. The minimum atomic E-state index is -0.0921. The Morgan fingerprint density at radius 1 is 1.30 bits per heavy atom. The predicted octanol–water partition coefficient (Wildman–Crippen LogP) is 1.60. The second-order valence-electron chi connectivity index (χ2n) is 4.43. The fraction of sp³-hybridized carbons (Fsp3) is 0.357. The number of hydrogen-bond acceptors (Lipinski definition) is 4. The van der Waals surface area contributed by atoms with Gasteiger partial charge in [0.1, 0.15) is 0 Å². The number of imidazole rings is 1. The summed E-state index contributed by atoms with van der Waals surface area (Å²) in [6.07, 6.45) is 8.42. The van der Waals surface area contributed by atoms with Gasteiger partial charge in [-0.15, -0.1) is 0 Å². The number of aromatic amines is 1. The van der Waals surface area contributed by atoms with Crippen LogP contribution in [0.25, 0.3) is 0 Å². The van der Waals surface area contributed by atoms with Crippen molar-refractivity contribution in [3.8, 4) is 0 Å². The van der Waals surface area contributed by atoms with Gasteiger partial charge in [-0.3, -0.25) is 9.78 Å². The lowest BCUT2D eigenvalue weighted by atomic mass is 10.2. The molecule has 0 aliphatic heterocycles. The molecule has 0 radical (unpaired) electrons. The average Bonchev–Trinajstić information content (AvgIpc) is 2.98. The van der Waals surface area contributed by atoms with Crippen LogP contribution in [0.5, 0.6) is 0 Å². The number of carbonyl (C=O) groups is 1. The summed E-state index contributed by atoms with van der Waals surface area (Å²) in [5.74, 6) is -0.0921. The van der Waals surface area contributed by atoms with Gasteiger partial charge in [-0.2, -0.15) is 0 Å². The largest absolute Gasteiger partial charge is 0.383 e. The van der Waals surface area contributed by atoms with Gasteiger partial charge in [0, 0.05) is 37.6 Å². The standard InChI is InChI=1S/C14H19N5O/c1-2-5-17-13-9-15-6-4-12(13)14(20)18-7-3-11-8-16-10-19-11/h4,6,8-10,17H,2-3,5,7H2,1H3,(H,16,19)(H,18,20). The number of rotatable bonds is 7. The van der Waals surface area contributed by atoms with E-state index in [2.05, 4.69) is 32.5 Å². The number of hydrogen-bond donors (Lipinski definition) is 3. The minimum Gasteiger partial charge on any atom is -0.383 e. The fourth-order valence-electron chi connectivity index (χ4n) is 1.82. The molecule has 6 nitrogen and oxygen atoms in total. The smallest absolute Gasteiger partial charge is 0.253 e. The van der Waals surface area contributed by atoms with Crippen LogP contribution in [0.4, 0.5) is 5.69 Å². The molecular weight excluding hydrogens is 254 g/mol. The highest BCUT2D eigenvalue weighted by Gasteiger charge is 2.10. The summed E-state index contributed by atoms with van der Waals surface area (Å²) in [5, 5.41) is 6.11. The van der Waals surface area contributed by atoms with Gasteiger partial charge in [-0.25, -0.2) is 4.98 Å². The summed E-state index contributed by atoms with van der Waals surface area (Å²) < 4.78 is 0. The molecule has 2 aromatic heterocycles.